The van der Waals surface area contributed by atoms with Crippen molar-refractivity contribution < 1.29 is 9.59 Å². The van der Waals surface area contributed by atoms with E-state index in [1.807, 2.05) is 0 Å². The molecule has 1 aliphatic carbocycles. The van der Waals surface area contributed by atoms with E-state index in [9.17, 15) is 9.59 Å². The van der Waals surface area contributed by atoms with Gasteiger partial charge >= 0.3 is 0 Å². The predicted molar refractivity (Wildman–Crippen MR) is 59.4 cm³/mol. The minimum atomic E-state index is 0.0191. The van der Waals surface area contributed by atoms with E-state index in [-0.39, 0.29) is 24.2 Å². The van der Waals surface area contributed by atoms with Crippen LogP contribution in [0, 0.1) is 11.8 Å². The molecule has 0 unspecified atom stereocenters. The van der Waals surface area contributed by atoms with Gasteiger partial charge in [0.05, 0.1) is 6.54 Å². The molecule has 0 bridgehead atoms. The molecule has 0 saturated heterocycles. The third-order valence-corrected chi connectivity index (χ3v) is 3.31. The van der Waals surface area contributed by atoms with Crippen LogP contribution in [0.15, 0.2) is 0 Å². The Labute approximate surface area is 91.6 Å². The number of Topliss-reactive ketones (excluding diaryl/α,β-unsaturated/α-hetero) is 1. The third-order valence-electron chi connectivity index (χ3n) is 3.31. The van der Waals surface area contributed by atoms with Gasteiger partial charge in [-0.1, -0.05) is 13.3 Å². The molecule has 15 heavy (non-hydrogen) atoms. The molecule has 86 valence electrons. The SMILES string of the molecule is CC[C@H]1CC[C@H](C(=O)NCC(C)=O)CC1. The second-order valence-electron chi connectivity index (χ2n) is 4.55. The molecule has 0 aromatic carbocycles. The first kappa shape index (κ1) is 12.2. The molecule has 1 aliphatic rings. The van der Waals surface area contributed by atoms with Gasteiger partial charge in [0.15, 0.2) is 0 Å². The summed E-state index contributed by atoms with van der Waals surface area (Å²) < 4.78 is 0. The molecular weight excluding hydrogens is 190 g/mol. The summed E-state index contributed by atoms with van der Waals surface area (Å²) in [5, 5.41) is 2.70. The Morgan fingerprint density at radius 3 is 2.27 bits per heavy atom. The summed E-state index contributed by atoms with van der Waals surface area (Å²) in [6.07, 6.45) is 5.52. The number of hydrogen-bond donors (Lipinski definition) is 1. The van der Waals surface area contributed by atoms with Crippen molar-refractivity contribution in [2.45, 2.75) is 46.0 Å². The summed E-state index contributed by atoms with van der Waals surface area (Å²) in [6, 6.07) is 0. The van der Waals surface area contributed by atoms with Gasteiger partial charge in [-0.3, -0.25) is 9.59 Å². The number of hydrogen-bond acceptors (Lipinski definition) is 2. The van der Waals surface area contributed by atoms with Crippen LogP contribution in [0.1, 0.15) is 46.0 Å². The summed E-state index contributed by atoms with van der Waals surface area (Å²) in [6.45, 7) is 3.89. The highest BCUT2D eigenvalue weighted by molar-refractivity contribution is 5.85. The predicted octanol–water partition coefficient (Wildman–Crippen LogP) is 1.91. The van der Waals surface area contributed by atoms with E-state index in [1.54, 1.807) is 0 Å². The Hall–Kier alpha value is -0.860. The van der Waals surface area contributed by atoms with Crippen LogP contribution in [0.4, 0.5) is 0 Å². The van der Waals surface area contributed by atoms with E-state index in [2.05, 4.69) is 12.2 Å². The maximum Gasteiger partial charge on any atom is 0.223 e. The van der Waals surface area contributed by atoms with Crippen molar-refractivity contribution in [2.24, 2.45) is 11.8 Å². The van der Waals surface area contributed by atoms with E-state index in [1.165, 1.54) is 13.3 Å². The highest BCUT2D eigenvalue weighted by Crippen LogP contribution is 2.30. The lowest BCUT2D eigenvalue weighted by Crippen LogP contribution is -2.35. The molecule has 0 aromatic heterocycles. The highest BCUT2D eigenvalue weighted by atomic mass is 16.2. The molecule has 0 aromatic rings. The van der Waals surface area contributed by atoms with Crippen LogP contribution in [0.5, 0.6) is 0 Å². The molecule has 3 heteroatoms. The fraction of sp³-hybridized carbons (Fsp3) is 0.833. The van der Waals surface area contributed by atoms with Crippen molar-refractivity contribution in [1.82, 2.24) is 5.32 Å². The van der Waals surface area contributed by atoms with Gasteiger partial charge in [0, 0.05) is 5.92 Å². The normalized spacial score (nSPS) is 26.0. The van der Waals surface area contributed by atoms with Gasteiger partial charge < -0.3 is 5.32 Å². The zero-order valence-electron chi connectivity index (χ0n) is 9.71. The van der Waals surface area contributed by atoms with Gasteiger partial charge in [-0.2, -0.15) is 0 Å². The van der Waals surface area contributed by atoms with Crippen LogP contribution in [0.3, 0.4) is 0 Å². The Kier molecular flexibility index (Phi) is 4.79. The van der Waals surface area contributed by atoms with Crippen molar-refractivity contribution in [1.29, 1.82) is 0 Å². The monoisotopic (exact) mass is 211 g/mol. The summed E-state index contributed by atoms with van der Waals surface area (Å²) in [5.41, 5.74) is 0. The Balaban J connectivity index is 2.27. The zero-order valence-corrected chi connectivity index (χ0v) is 9.71. The molecular formula is C12H21NO2. The van der Waals surface area contributed by atoms with E-state index in [4.69, 9.17) is 0 Å². The van der Waals surface area contributed by atoms with Gasteiger partial charge in [0.2, 0.25) is 5.91 Å². The van der Waals surface area contributed by atoms with E-state index < -0.39 is 0 Å². The van der Waals surface area contributed by atoms with Gasteiger partial charge in [-0.05, 0) is 38.5 Å². The van der Waals surface area contributed by atoms with Gasteiger partial charge in [0.25, 0.3) is 0 Å². The first-order valence-corrected chi connectivity index (χ1v) is 5.90. The first-order valence-electron chi connectivity index (χ1n) is 5.90. The summed E-state index contributed by atoms with van der Waals surface area (Å²) in [5.74, 6) is 1.04. The smallest absolute Gasteiger partial charge is 0.223 e. The number of carbonyl (C=O) groups excluding carboxylic acids is 2. The largest absolute Gasteiger partial charge is 0.349 e. The fourth-order valence-electron chi connectivity index (χ4n) is 2.19. The second-order valence-corrected chi connectivity index (χ2v) is 4.55. The Bertz CT molecular complexity index is 230. The van der Waals surface area contributed by atoms with Crippen LogP contribution in [-0.2, 0) is 9.59 Å². The lowest BCUT2D eigenvalue weighted by Gasteiger charge is -2.26. The van der Waals surface area contributed by atoms with Gasteiger partial charge in [0.1, 0.15) is 5.78 Å². The molecule has 1 rings (SSSR count). The molecule has 0 heterocycles. The molecule has 1 N–H and O–H groups in total. The summed E-state index contributed by atoms with van der Waals surface area (Å²) in [4.78, 5) is 22.3. The minimum absolute atomic E-state index is 0.0191. The standard InChI is InChI=1S/C12H21NO2/c1-3-10-4-6-11(7-5-10)12(15)13-8-9(2)14/h10-11H,3-8H2,1-2H3,(H,13,15)/t10-,11-. The average Bonchev–Trinajstić information content (AvgIpc) is 2.26. The van der Waals surface area contributed by atoms with E-state index in [0.29, 0.717) is 0 Å². The molecule has 0 spiro atoms. The first-order chi connectivity index (χ1) is 7.13. The number of amides is 1. The Morgan fingerprint density at radius 1 is 1.20 bits per heavy atom. The summed E-state index contributed by atoms with van der Waals surface area (Å²) in [7, 11) is 0. The quantitative estimate of drug-likeness (QED) is 0.772. The third kappa shape index (κ3) is 4.02. The van der Waals surface area contributed by atoms with Crippen LogP contribution < -0.4 is 5.32 Å². The Morgan fingerprint density at radius 2 is 1.80 bits per heavy atom. The molecule has 0 atom stereocenters. The van der Waals surface area contributed by atoms with Crippen LogP contribution in [0.2, 0.25) is 0 Å². The van der Waals surface area contributed by atoms with Crippen LogP contribution in [0.25, 0.3) is 0 Å². The van der Waals surface area contributed by atoms with Crippen LogP contribution >= 0.6 is 0 Å². The van der Waals surface area contributed by atoms with Crippen molar-refractivity contribution in [3.05, 3.63) is 0 Å². The van der Waals surface area contributed by atoms with Gasteiger partial charge in [-0.25, -0.2) is 0 Å². The lowest BCUT2D eigenvalue weighted by molar-refractivity contribution is -0.128. The molecule has 0 radical (unpaired) electrons. The second kappa shape index (κ2) is 5.89. The average molecular weight is 211 g/mol. The fourth-order valence-corrected chi connectivity index (χ4v) is 2.19. The summed E-state index contributed by atoms with van der Waals surface area (Å²) >= 11 is 0. The number of nitrogens with one attached hydrogen (secondary N) is 1. The number of ketones is 1. The van der Waals surface area contributed by atoms with Crippen molar-refractivity contribution >= 4 is 11.7 Å². The minimum Gasteiger partial charge on any atom is -0.349 e. The molecule has 1 fully saturated rings. The van der Waals surface area contributed by atoms with E-state index in [0.717, 1.165) is 31.6 Å². The zero-order chi connectivity index (χ0) is 11.3. The lowest BCUT2D eigenvalue weighted by atomic mass is 9.80. The topological polar surface area (TPSA) is 46.2 Å². The molecule has 0 aliphatic heterocycles. The van der Waals surface area contributed by atoms with Crippen molar-refractivity contribution in [3.63, 3.8) is 0 Å². The van der Waals surface area contributed by atoms with Crippen molar-refractivity contribution in [3.8, 4) is 0 Å². The van der Waals surface area contributed by atoms with Crippen molar-refractivity contribution in [2.75, 3.05) is 6.54 Å². The van der Waals surface area contributed by atoms with Gasteiger partial charge in [-0.15, -0.1) is 0 Å². The maximum atomic E-state index is 11.6. The molecule has 3 nitrogen and oxygen atoms in total. The highest BCUT2D eigenvalue weighted by Gasteiger charge is 2.25. The maximum absolute atomic E-state index is 11.6. The number of carbonyl (C=O) groups is 2. The van der Waals surface area contributed by atoms with Crippen LogP contribution in [-0.4, -0.2) is 18.2 Å². The van der Waals surface area contributed by atoms with E-state index >= 15 is 0 Å². The molecule has 1 saturated carbocycles. The number of rotatable bonds is 4. The molecule has 1 amide bonds.